The molecule has 1 nitrogen and oxygen atoms in total. The lowest BCUT2D eigenvalue weighted by molar-refractivity contribution is 0.384. The van der Waals surface area contributed by atoms with E-state index in [1.54, 1.807) is 0 Å². The fraction of sp³-hybridized carbons (Fsp3) is 1.00. The van der Waals surface area contributed by atoms with Gasteiger partial charge in [-0.25, -0.2) is 0 Å². The molecule has 0 aliphatic heterocycles. The van der Waals surface area contributed by atoms with Crippen LogP contribution in [0.5, 0.6) is 0 Å². The molecule has 0 fully saturated rings. The van der Waals surface area contributed by atoms with Crippen molar-refractivity contribution in [1.29, 1.82) is 0 Å². The van der Waals surface area contributed by atoms with E-state index in [1.807, 2.05) is 0 Å². The van der Waals surface area contributed by atoms with Crippen molar-refractivity contribution < 1.29 is 0 Å². The molecule has 1 N–H and O–H groups in total. The first kappa shape index (κ1) is 9.31. The van der Waals surface area contributed by atoms with E-state index in [0.29, 0.717) is 0 Å². The van der Waals surface area contributed by atoms with Crippen molar-refractivity contribution in [2.45, 2.75) is 39.2 Å². The van der Waals surface area contributed by atoms with E-state index in [2.05, 4.69) is 38.7 Å². The van der Waals surface area contributed by atoms with Crippen LogP contribution in [0.15, 0.2) is 0 Å². The van der Waals surface area contributed by atoms with Crippen LogP contribution in [0.2, 0.25) is 0 Å². The van der Waals surface area contributed by atoms with E-state index in [0.717, 1.165) is 5.88 Å². The molecule has 0 saturated carbocycles. The minimum Gasteiger partial charge on any atom is -0.303 e. The van der Waals surface area contributed by atoms with E-state index in [1.165, 1.54) is 12.8 Å². The van der Waals surface area contributed by atoms with Crippen molar-refractivity contribution in [3.8, 4) is 0 Å². The third kappa shape index (κ3) is 4.79. The zero-order valence-corrected chi connectivity index (χ0v) is 7.46. The van der Waals surface area contributed by atoms with E-state index in [-0.39, 0.29) is 5.54 Å². The topological polar surface area (TPSA) is 12.0 Å². The van der Waals surface area contributed by atoms with Gasteiger partial charge in [-0.05, 0) is 20.3 Å². The summed E-state index contributed by atoms with van der Waals surface area (Å²) in [6.07, 6.45) is 2.45. The molecule has 56 valence electrons. The van der Waals surface area contributed by atoms with Gasteiger partial charge in [0.1, 0.15) is 0 Å². The highest BCUT2D eigenvalue weighted by Gasteiger charge is 2.13. The fourth-order valence-corrected chi connectivity index (χ4v) is 1.36. The monoisotopic (exact) mass is 147 g/mol. The van der Waals surface area contributed by atoms with Gasteiger partial charge < -0.3 is 5.32 Å². The Bertz CT molecular complexity index is 63.3. The van der Waals surface area contributed by atoms with Crippen LogP contribution in [0.25, 0.3) is 0 Å². The van der Waals surface area contributed by atoms with Gasteiger partial charge in [-0.2, -0.15) is 12.6 Å². The molecule has 9 heavy (non-hydrogen) atoms. The second kappa shape index (κ2) is 4.18. The summed E-state index contributed by atoms with van der Waals surface area (Å²) in [5, 5.41) is 3.29. The fourth-order valence-electron chi connectivity index (χ4n) is 0.927. The number of hydrogen-bond donors (Lipinski definition) is 2. The highest BCUT2D eigenvalue weighted by atomic mass is 32.1. The Balaban J connectivity index is 3.43. The number of nitrogens with one attached hydrogen (secondary N) is 1. The molecule has 0 aliphatic rings. The maximum atomic E-state index is 4.10. The van der Waals surface area contributed by atoms with Crippen LogP contribution >= 0.6 is 12.6 Å². The third-order valence-corrected chi connectivity index (χ3v) is 1.59. The number of thiol groups is 1. The normalized spacial score (nSPS) is 12.0. The van der Waals surface area contributed by atoms with Crippen LogP contribution in [-0.4, -0.2) is 11.4 Å². The summed E-state index contributed by atoms with van der Waals surface area (Å²) in [7, 11) is 0. The predicted molar refractivity (Wildman–Crippen MR) is 46.0 cm³/mol. The molecule has 0 aromatic carbocycles. The molecule has 0 bridgehead atoms. The summed E-state index contributed by atoms with van der Waals surface area (Å²) in [6, 6.07) is 0. The molecule has 0 amide bonds. The number of rotatable bonds is 4. The van der Waals surface area contributed by atoms with Gasteiger partial charge in [-0.15, -0.1) is 0 Å². The summed E-state index contributed by atoms with van der Waals surface area (Å²) in [5.41, 5.74) is 0.274. The summed E-state index contributed by atoms with van der Waals surface area (Å²) in [5.74, 6) is 0.771. The molecule has 0 heterocycles. The lowest BCUT2D eigenvalue weighted by atomic mass is 10.00. The highest BCUT2D eigenvalue weighted by Crippen LogP contribution is 2.09. The van der Waals surface area contributed by atoms with Gasteiger partial charge in [0.05, 0.1) is 0 Å². The minimum absolute atomic E-state index is 0.274. The lowest BCUT2D eigenvalue weighted by Gasteiger charge is -2.24. The first-order valence-corrected chi connectivity index (χ1v) is 4.11. The van der Waals surface area contributed by atoms with Crippen molar-refractivity contribution in [2.24, 2.45) is 0 Å². The third-order valence-electron chi connectivity index (χ3n) is 1.43. The van der Waals surface area contributed by atoms with Gasteiger partial charge >= 0.3 is 0 Å². The van der Waals surface area contributed by atoms with Crippen LogP contribution < -0.4 is 5.32 Å². The largest absolute Gasteiger partial charge is 0.303 e. The van der Waals surface area contributed by atoms with Crippen LogP contribution in [-0.2, 0) is 0 Å². The molecule has 2 heteroatoms. The standard InChI is InChI=1S/C7H17NS/c1-4-5-7(2,3)8-6-9/h8-9H,4-6H2,1-3H3. The predicted octanol–water partition coefficient (Wildman–Crippen LogP) is 2.04. The number of hydrogen-bond acceptors (Lipinski definition) is 2. The molecule has 0 aromatic heterocycles. The Labute approximate surface area is 63.6 Å². The summed E-state index contributed by atoms with van der Waals surface area (Å²) < 4.78 is 0. The molecule has 0 spiro atoms. The van der Waals surface area contributed by atoms with Gasteiger partial charge in [0, 0.05) is 11.4 Å². The molecule has 0 rings (SSSR count). The van der Waals surface area contributed by atoms with Gasteiger partial charge in [-0.1, -0.05) is 13.3 Å². The minimum atomic E-state index is 0.274. The van der Waals surface area contributed by atoms with Crippen LogP contribution in [0.4, 0.5) is 0 Å². The highest BCUT2D eigenvalue weighted by molar-refractivity contribution is 7.80. The molecular weight excluding hydrogens is 130 g/mol. The van der Waals surface area contributed by atoms with Crippen molar-refractivity contribution in [1.82, 2.24) is 5.32 Å². The molecule has 0 unspecified atom stereocenters. The van der Waals surface area contributed by atoms with Crippen molar-refractivity contribution >= 4 is 12.6 Å². The van der Waals surface area contributed by atoms with Crippen LogP contribution in [0.1, 0.15) is 33.6 Å². The van der Waals surface area contributed by atoms with Crippen molar-refractivity contribution in [3.63, 3.8) is 0 Å². The quantitative estimate of drug-likeness (QED) is 0.458. The molecule has 0 atom stereocenters. The summed E-state index contributed by atoms with van der Waals surface area (Å²) in [4.78, 5) is 0. The van der Waals surface area contributed by atoms with E-state index >= 15 is 0 Å². The molecule has 0 aromatic rings. The maximum absolute atomic E-state index is 4.10. The zero-order valence-electron chi connectivity index (χ0n) is 6.57. The second-order valence-electron chi connectivity index (χ2n) is 2.97. The second-order valence-corrected chi connectivity index (χ2v) is 3.29. The van der Waals surface area contributed by atoms with Crippen molar-refractivity contribution in [3.05, 3.63) is 0 Å². The average Bonchev–Trinajstić information content (AvgIpc) is 1.64. The molecular formula is C7H17NS. The molecule has 0 saturated heterocycles. The smallest absolute Gasteiger partial charge is 0.0391 e. The Morgan fingerprint density at radius 3 is 2.33 bits per heavy atom. The van der Waals surface area contributed by atoms with Crippen molar-refractivity contribution in [2.75, 3.05) is 5.88 Å². The van der Waals surface area contributed by atoms with Crippen LogP contribution in [0.3, 0.4) is 0 Å². The van der Waals surface area contributed by atoms with Crippen LogP contribution in [0, 0.1) is 0 Å². The molecule has 0 aliphatic carbocycles. The Hall–Kier alpha value is 0.310. The Morgan fingerprint density at radius 1 is 1.44 bits per heavy atom. The Morgan fingerprint density at radius 2 is 2.00 bits per heavy atom. The van der Waals surface area contributed by atoms with E-state index < -0.39 is 0 Å². The van der Waals surface area contributed by atoms with Gasteiger partial charge in [0.15, 0.2) is 0 Å². The maximum Gasteiger partial charge on any atom is 0.0391 e. The lowest BCUT2D eigenvalue weighted by Crippen LogP contribution is -2.38. The van der Waals surface area contributed by atoms with E-state index in [9.17, 15) is 0 Å². The first-order chi connectivity index (χ1) is 4.12. The SMILES string of the molecule is CCCC(C)(C)NCS. The first-order valence-electron chi connectivity index (χ1n) is 3.48. The van der Waals surface area contributed by atoms with Gasteiger partial charge in [0.2, 0.25) is 0 Å². The molecule has 0 radical (unpaired) electrons. The van der Waals surface area contributed by atoms with E-state index in [4.69, 9.17) is 0 Å². The zero-order chi connectivity index (χ0) is 7.33. The average molecular weight is 147 g/mol. The Kier molecular flexibility index (Phi) is 4.32. The van der Waals surface area contributed by atoms with Gasteiger partial charge in [-0.3, -0.25) is 0 Å². The summed E-state index contributed by atoms with van der Waals surface area (Å²) in [6.45, 7) is 6.60. The van der Waals surface area contributed by atoms with Gasteiger partial charge in [0.25, 0.3) is 0 Å². The summed E-state index contributed by atoms with van der Waals surface area (Å²) >= 11 is 4.10.